The Hall–Kier alpha value is -2.24. The van der Waals surface area contributed by atoms with Crippen LogP contribution in [0.25, 0.3) is 5.82 Å². The average molecular weight is 204 g/mol. The molecule has 6 nitrogen and oxygen atoms in total. The molecule has 0 aliphatic rings. The van der Waals surface area contributed by atoms with E-state index in [1.165, 1.54) is 10.9 Å². The largest absolute Gasteiger partial charge is 0.476 e. The van der Waals surface area contributed by atoms with E-state index in [9.17, 15) is 4.79 Å². The fourth-order valence-corrected chi connectivity index (χ4v) is 1.20. The van der Waals surface area contributed by atoms with Crippen LogP contribution < -0.4 is 0 Å². The normalized spacial score (nSPS) is 10.2. The minimum atomic E-state index is -1.05. The van der Waals surface area contributed by atoms with E-state index in [-0.39, 0.29) is 5.69 Å². The van der Waals surface area contributed by atoms with E-state index in [0.717, 1.165) is 0 Å². The first-order valence-electron chi connectivity index (χ1n) is 4.26. The highest BCUT2D eigenvalue weighted by Gasteiger charge is 2.13. The number of hydrogen-bond acceptors (Lipinski definition) is 4. The van der Waals surface area contributed by atoms with Crippen molar-refractivity contribution in [2.24, 2.45) is 0 Å². The maximum Gasteiger partial charge on any atom is 0.356 e. The molecular weight excluding hydrogens is 196 g/mol. The first kappa shape index (κ1) is 9.32. The molecule has 0 aliphatic heterocycles. The maximum atomic E-state index is 10.8. The van der Waals surface area contributed by atoms with Crippen LogP contribution in [0.15, 0.2) is 24.5 Å². The zero-order valence-electron chi connectivity index (χ0n) is 7.95. The second-order valence-electron chi connectivity index (χ2n) is 2.99. The Morgan fingerprint density at radius 2 is 2.33 bits per heavy atom. The fraction of sp³-hybridized carbons (Fsp3) is 0.111. The van der Waals surface area contributed by atoms with Gasteiger partial charge in [-0.1, -0.05) is 0 Å². The Morgan fingerprint density at radius 3 is 2.87 bits per heavy atom. The molecule has 0 aliphatic carbocycles. The highest BCUT2D eigenvalue weighted by atomic mass is 16.4. The SMILES string of the molecule is Cc1cn(-c2cccnn2)nc1C(=O)O. The third-order valence-corrected chi connectivity index (χ3v) is 1.89. The van der Waals surface area contributed by atoms with Gasteiger partial charge in [0, 0.05) is 18.0 Å². The van der Waals surface area contributed by atoms with E-state index in [1.54, 1.807) is 25.3 Å². The Kier molecular flexibility index (Phi) is 2.17. The molecule has 0 unspecified atom stereocenters. The molecule has 0 saturated carbocycles. The van der Waals surface area contributed by atoms with Crippen LogP contribution in [-0.4, -0.2) is 31.1 Å². The molecule has 0 amide bonds. The number of nitrogens with zero attached hydrogens (tertiary/aromatic N) is 4. The molecule has 0 saturated heterocycles. The number of aryl methyl sites for hydroxylation is 1. The lowest BCUT2D eigenvalue weighted by molar-refractivity contribution is 0.0689. The van der Waals surface area contributed by atoms with E-state index in [1.807, 2.05) is 0 Å². The number of aromatic carboxylic acids is 1. The van der Waals surface area contributed by atoms with Crippen molar-refractivity contribution in [1.82, 2.24) is 20.0 Å². The first-order valence-corrected chi connectivity index (χ1v) is 4.26. The van der Waals surface area contributed by atoms with Gasteiger partial charge in [-0.15, -0.1) is 5.10 Å². The van der Waals surface area contributed by atoms with Gasteiger partial charge in [-0.25, -0.2) is 9.48 Å². The maximum absolute atomic E-state index is 10.8. The first-order chi connectivity index (χ1) is 7.18. The second kappa shape index (κ2) is 3.49. The summed E-state index contributed by atoms with van der Waals surface area (Å²) in [5.74, 6) is -0.553. The summed E-state index contributed by atoms with van der Waals surface area (Å²) in [5, 5.41) is 20.2. The monoisotopic (exact) mass is 204 g/mol. The van der Waals surface area contributed by atoms with Gasteiger partial charge in [-0.3, -0.25) is 0 Å². The molecule has 0 spiro atoms. The lowest BCUT2D eigenvalue weighted by atomic mass is 10.3. The predicted molar refractivity (Wildman–Crippen MR) is 50.9 cm³/mol. The van der Waals surface area contributed by atoms with Crippen molar-refractivity contribution in [3.63, 3.8) is 0 Å². The van der Waals surface area contributed by atoms with Crippen LogP contribution in [-0.2, 0) is 0 Å². The van der Waals surface area contributed by atoms with Gasteiger partial charge in [0.05, 0.1) is 0 Å². The fourth-order valence-electron chi connectivity index (χ4n) is 1.20. The number of hydrogen-bond donors (Lipinski definition) is 1. The zero-order chi connectivity index (χ0) is 10.8. The van der Waals surface area contributed by atoms with E-state index >= 15 is 0 Å². The third-order valence-electron chi connectivity index (χ3n) is 1.89. The lowest BCUT2D eigenvalue weighted by Gasteiger charge is -1.95. The lowest BCUT2D eigenvalue weighted by Crippen LogP contribution is -2.03. The summed E-state index contributed by atoms with van der Waals surface area (Å²) < 4.78 is 1.39. The Balaban J connectivity index is 2.48. The topological polar surface area (TPSA) is 80.9 Å². The Bertz CT molecular complexity index is 492. The van der Waals surface area contributed by atoms with E-state index in [2.05, 4.69) is 15.3 Å². The third kappa shape index (κ3) is 1.69. The summed E-state index contributed by atoms with van der Waals surface area (Å²) in [4.78, 5) is 10.8. The van der Waals surface area contributed by atoms with Gasteiger partial charge in [-0.05, 0) is 19.1 Å². The van der Waals surface area contributed by atoms with Gasteiger partial charge in [-0.2, -0.15) is 10.2 Å². The average Bonchev–Trinajstić information content (AvgIpc) is 2.62. The summed E-state index contributed by atoms with van der Waals surface area (Å²) in [7, 11) is 0. The van der Waals surface area contributed by atoms with Crippen molar-refractivity contribution in [1.29, 1.82) is 0 Å². The number of carboxylic acids is 1. The van der Waals surface area contributed by atoms with Crippen molar-refractivity contribution in [2.75, 3.05) is 0 Å². The molecule has 0 fully saturated rings. The summed E-state index contributed by atoms with van der Waals surface area (Å²) in [6.07, 6.45) is 3.14. The van der Waals surface area contributed by atoms with Gasteiger partial charge in [0.1, 0.15) is 0 Å². The molecule has 0 radical (unpaired) electrons. The molecule has 1 N–H and O–H groups in total. The smallest absolute Gasteiger partial charge is 0.356 e. The molecule has 76 valence electrons. The summed E-state index contributed by atoms with van der Waals surface area (Å²) in [6.45, 7) is 1.68. The number of aromatic nitrogens is 4. The van der Waals surface area contributed by atoms with Crippen LogP contribution >= 0.6 is 0 Å². The van der Waals surface area contributed by atoms with Crippen molar-refractivity contribution < 1.29 is 9.90 Å². The standard InChI is InChI=1S/C9H8N4O2/c1-6-5-13(12-8(6)9(14)15)7-3-2-4-10-11-7/h2-5H,1H3,(H,14,15). The molecule has 6 heteroatoms. The molecule has 2 aromatic rings. The molecule has 2 heterocycles. The molecular formula is C9H8N4O2. The van der Waals surface area contributed by atoms with Crippen molar-refractivity contribution >= 4 is 5.97 Å². The van der Waals surface area contributed by atoms with E-state index < -0.39 is 5.97 Å². The highest BCUT2D eigenvalue weighted by molar-refractivity contribution is 5.86. The van der Waals surface area contributed by atoms with Crippen LogP contribution in [0.3, 0.4) is 0 Å². The van der Waals surface area contributed by atoms with Crippen molar-refractivity contribution in [3.8, 4) is 5.82 Å². The Morgan fingerprint density at radius 1 is 1.53 bits per heavy atom. The zero-order valence-corrected chi connectivity index (χ0v) is 7.95. The van der Waals surface area contributed by atoms with Gasteiger partial charge in [0.2, 0.25) is 0 Å². The number of carboxylic acid groups (broad SMARTS) is 1. The quantitative estimate of drug-likeness (QED) is 0.777. The van der Waals surface area contributed by atoms with E-state index in [4.69, 9.17) is 5.11 Å². The second-order valence-corrected chi connectivity index (χ2v) is 2.99. The summed E-state index contributed by atoms with van der Waals surface area (Å²) in [5.41, 5.74) is 0.619. The van der Waals surface area contributed by atoms with Crippen molar-refractivity contribution in [2.45, 2.75) is 6.92 Å². The van der Waals surface area contributed by atoms with Crippen LogP contribution in [0.4, 0.5) is 0 Å². The van der Waals surface area contributed by atoms with Crippen LogP contribution in [0.1, 0.15) is 16.1 Å². The van der Waals surface area contributed by atoms with E-state index in [0.29, 0.717) is 11.4 Å². The molecule has 2 rings (SSSR count). The van der Waals surface area contributed by atoms with Crippen LogP contribution in [0.5, 0.6) is 0 Å². The minimum Gasteiger partial charge on any atom is -0.476 e. The summed E-state index contributed by atoms with van der Waals surface area (Å²) >= 11 is 0. The van der Waals surface area contributed by atoms with Gasteiger partial charge in [0.25, 0.3) is 0 Å². The molecule has 0 aromatic carbocycles. The summed E-state index contributed by atoms with van der Waals surface area (Å²) in [6, 6.07) is 3.41. The van der Waals surface area contributed by atoms with Crippen LogP contribution in [0.2, 0.25) is 0 Å². The van der Waals surface area contributed by atoms with Crippen molar-refractivity contribution in [3.05, 3.63) is 35.8 Å². The molecule has 0 bridgehead atoms. The molecule has 2 aromatic heterocycles. The van der Waals surface area contributed by atoms with Gasteiger partial charge in [0.15, 0.2) is 11.5 Å². The molecule has 0 atom stereocenters. The van der Waals surface area contributed by atoms with Crippen LogP contribution in [0, 0.1) is 6.92 Å². The number of rotatable bonds is 2. The predicted octanol–water partition coefficient (Wildman–Crippen LogP) is 0.669. The van der Waals surface area contributed by atoms with Gasteiger partial charge < -0.3 is 5.11 Å². The highest BCUT2D eigenvalue weighted by Crippen LogP contribution is 2.08. The van der Waals surface area contributed by atoms with Gasteiger partial charge >= 0.3 is 5.97 Å². The molecule has 15 heavy (non-hydrogen) atoms. The minimum absolute atomic E-state index is 0.0284. The Labute approximate surface area is 85.2 Å². The number of carbonyl (C=O) groups is 1.